The summed E-state index contributed by atoms with van der Waals surface area (Å²) in [4.78, 5) is 0. The van der Waals surface area contributed by atoms with Crippen LogP contribution in [0.3, 0.4) is 0 Å². The van der Waals surface area contributed by atoms with E-state index < -0.39 is 7.37 Å². The number of phenols is 1. The van der Waals surface area contributed by atoms with Crippen LogP contribution in [0.5, 0.6) is 17.2 Å². The highest BCUT2D eigenvalue weighted by Crippen LogP contribution is 2.55. The molecule has 0 radical (unpaired) electrons. The summed E-state index contributed by atoms with van der Waals surface area (Å²) in [7, 11) is -1.97. The van der Waals surface area contributed by atoms with Gasteiger partial charge in [0.1, 0.15) is 17.2 Å². The van der Waals surface area contributed by atoms with Gasteiger partial charge in [-0.1, -0.05) is 36.4 Å². The van der Waals surface area contributed by atoms with Gasteiger partial charge in [0, 0.05) is 5.56 Å². The minimum absolute atomic E-state index is 0.0756. The van der Waals surface area contributed by atoms with Crippen LogP contribution >= 0.6 is 7.37 Å². The van der Waals surface area contributed by atoms with Crippen molar-refractivity contribution in [3.63, 3.8) is 0 Å². The average molecular weight is 338 g/mol. The van der Waals surface area contributed by atoms with Gasteiger partial charge in [-0.2, -0.15) is 0 Å². The van der Waals surface area contributed by atoms with Crippen LogP contribution < -0.4 is 19.9 Å². The zero-order chi connectivity index (χ0) is 16.7. The number of methoxy groups -OCH3 is 1. The van der Waals surface area contributed by atoms with Gasteiger partial charge in [-0.05, 0) is 35.9 Å². The lowest BCUT2D eigenvalue weighted by molar-refractivity contribution is 0.412. The summed E-state index contributed by atoms with van der Waals surface area (Å²) in [5.41, 5.74) is 1.74. The first kappa shape index (κ1) is 14.9. The van der Waals surface area contributed by atoms with E-state index in [-0.39, 0.29) is 11.1 Å². The molecular formula is C19H15O4P. The van der Waals surface area contributed by atoms with E-state index in [0.29, 0.717) is 16.8 Å². The van der Waals surface area contributed by atoms with E-state index in [1.807, 2.05) is 36.4 Å². The van der Waals surface area contributed by atoms with Crippen LogP contribution in [0.4, 0.5) is 0 Å². The molecule has 1 unspecified atom stereocenters. The van der Waals surface area contributed by atoms with Crippen molar-refractivity contribution >= 4 is 18.0 Å². The molecule has 3 aromatic carbocycles. The summed E-state index contributed by atoms with van der Waals surface area (Å²) < 4.78 is 25.0. The first-order valence-electron chi connectivity index (χ1n) is 7.50. The fourth-order valence-electron chi connectivity index (χ4n) is 2.96. The van der Waals surface area contributed by atoms with Gasteiger partial charge in [-0.3, -0.25) is 4.57 Å². The third-order valence-corrected chi connectivity index (χ3v) is 6.60. The highest BCUT2D eigenvalue weighted by molar-refractivity contribution is 7.75. The second-order valence-corrected chi connectivity index (χ2v) is 7.76. The van der Waals surface area contributed by atoms with Crippen LogP contribution in [-0.4, -0.2) is 12.2 Å². The number of aromatic hydroxyl groups is 1. The van der Waals surface area contributed by atoms with Crippen LogP contribution in [0.1, 0.15) is 0 Å². The van der Waals surface area contributed by atoms with Crippen molar-refractivity contribution in [3.05, 3.63) is 66.7 Å². The van der Waals surface area contributed by atoms with Crippen molar-refractivity contribution in [2.45, 2.75) is 0 Å². The standard InChI is InChI=1S/C19H15O4P/c1-22-13-10-11-16(20)19(12-13)24(21)18-9-5-3-7-15(18)14-6-2-4-8-17(14)23-24/h2-12,20H,1H3. The van der Waals surface area contributed by atoms with Gasteiger partial charge in [0.15, 0.2) is 0 Å². The van der Waals surface area contributed by atoms with E-state index >= 15 is 0 Å². The first-order valence-corrected chi connectivity index (χ1v) is 9.12. The lowest BCUT2D eigenvalue weighted by Gasteiger charge is -2.29. The summed E-state index contributed by atoms with van der Waals surface area (Å²) in [6.07, 6.45) is 0. The number of rotatable bonds is 2. The van der Waals surface area contributed by atoms with Gasteiger partial charge in [-0.15, -0.1) is 0 Å². The predicted octanol–water partition coefficient (Wildman–Crippen LogP) is 3.69. The Bertz CT molecular complexity index is 981. The maximum absolute atomic E-state index is 13.9. The molecule has 1 atom stereocenters. The minimum Gasteiger partial charge on any atom is -0.507 e. The van der Waals surface area contributed by atoms with Gasteiger partial charge in [0.05, 0.1) is 17.7 Å². The number of hydrogen-bond donors (Lipinski definition) is 1. The van der Waals surface area contributed by atoms with Gasteiger partial charge in [-0.25, -0.2) is 0 Å². The number of benzene rings is 3. The SMILES string of the molecule is COc1ccc(O)c(P2(=O)Oc3ccccc3-c3ccccc32)c1. The molecule has 0 bridgehead atoms. The van der Waals surface area contributed by atoms with Crippen molar-refractivity contribution < 1.29 is 18.9 Å². The van der Waals surface area contributed by atoms with Gasteiger partial charge >= 0.3 is 7.37 Å². The minimum atomic E-state index is -3.50. The average Bonchev–Trinajstić information content (AvgIpc) is 2.62. The summed E-state index contributed by atoms with van der Waals surface area (Å²) in [6, 6.07) is 19.6. The summed E-state index contributed by atoms with van der Waals surface area (Å²) in [5, 5.41) is 11.1. The van der Waals surface area contributed by atoms with Crippen molar-refractivity contribution in [2.24, 2.45) is 0 Å². The molecule has 4 rings (SSSR count). The molecule has 24 heavy (non-hydrogen) atoms. The van der Waals surface area contributed by atoms with Crippen LogP contribution in [0.25, 0.3) is 11.1 Å². The number of phenolic OH excluding ortho intramolecular Hbond substituents is 1. The molecule has 1 N–H and O–H groups in total. The Morgan fingerprint density at radius 2 is 1.62 bits per heavy atom. The lowest BCUT2D eigenvalue weighted by atomic mass is 10.0. The summed E-state index contributed by atoms with van der Waals surface area (Å²) in [5.74, 6) is 0.980. The molecule has 5 heteroatoms. The number of hydrogen-bond acceptors (Lipinski definition) is 4. The zero-order valence-electron chi connectivity index (χ0n) is 13.0. The molecule has 120 valence electrons. The summed E-state index contributed by atoms with van der Waals surface area (Å²) in [6.45, 7) is 0. The molecule has 1 aliphatic heterocycles. The van der Waals surface area contributed by atoms with E-state index in [0.717, 1.165) is 11.1 Å². The maximum Gasteiger partial charge on any atom is 0.311 e. The third-order valence-electron chi connectivity index (χ3n) is 4.13. The van der Waals surface area contributed by atoms with E-state index in [1.165, 1.54) is 13.2 Å². The van der Waals surface area contributed by atoms with Crippen molar-refractivity contribution in [3.8, 4) is 28.4 Å². The Morgan fingerprint density at radius 1 is 0.917 bits per heavy atom. The number of fused-ring (bicyclic) bond motifs is 3. The fourth-order valence-corrected chi connectivity index (χ4v) is 5.32. The van der Waals surface area contributed by atoms with Gasteiger partial charge < -0.3 is 14.4 Å². The Labute approximate surface area is 139 Å². The first-order chi connectivity index (χ1) is 11.6. The van der Waals surface area contributed by atoms with Crippen molar-refractivity contribution in [1.29, 1.82) is 0 Å². The fraction of sp³-hybridized carbons (Fsp3) is 0.0526. The molecule has 0 aromatic heterocycles. The highest BCUT2D eigenvalue weighted by atomic mass is 31.2. The van der Waals surface area contributed by atoms with E-state index in [4.69, 9.17) is 9.26 Å². The molecule has 1 heterocycles. The van der Waals surface area contributed by atoms with Crippen molar-refractivity contribution in [1.82, 2.24) is 0 Å². The molecule has 0 amide bonds. The Balaban J connectivity index is 2.02. The zero-order valence-corrected chi connectivity index (χ0v) is 13.9. The molecule has 0 spiro atoms. The molecule has 4 nitrogen and oxygen atoms in total. The van der Waals surface area contributed by atoms with Gasteiger partial charge in [0.25, 0.3) is 0 Å². The molecule has 0 fully saturated rings. The topological polar surface area (TPSA) is 55.8 Å². The Kier molecular flexibility index (Phi) is 3.36. The molecule has 0 saturated carbocycles. The number of para-hydroxylation sites is 1. The molecular weight excluding hydrogens is 323 g/mol. The predicted molar refractivity (Wildman–Crippen MR) is 94.0 cm³/mol. The monoisotopic (exact) mass is 338 g/mol. The smallest absolute Gasteiger partial charge is 0.311 e. The largest absolute Gasteiger partial charge is 0.507 e. The van der Waals surface area contributed by atoms with Crippen LogP contribution in [0, 0.1) is 0 Å². The molecule has 3 aromatic rings. The molecule has 1 aliphatic rings. The highest BCUT2D eigenvalue weighted by Gasteiger charge is 2.39. The van der Waals surface area contributed by atoms with Crippen LogP contribution in [0.15, 0.2) is 66.7 Å². The van der Waals surface area contributed by atoms with E-state index in [2.05, 4.69) is 0 Å². The van der Waals surface area contributed by atoms with Crippen LogP contribution in [-0.2, 0) is 4.57 Å². The van der Waals surface area contributed by atoms with Crippen LogP contribution in [0.2, 0.25) is 0 Å². The number of ether oxygens (including phenoxy) is 1. The third kappa shape index (κ3) is 2.11. The second kappa shape index (κ2) is 5.43. The normalized spacial score (nSPS) is 18.2. The Hall–Kier alpha value is -2.71. The second-order valence-electron chi connectivity index (χ2n) is 5.51. The summed E-state index contributed by atoms with van der Waals surface area (Å²) >= 11 is 0. The van der Waals surface area contributed by atoms with Gasteiger partial charge in [0.2, 0.25) is 0 Å². The Morgan fingerprint density at radius 3 is 2.42 bits per heavy atom. The van der Waals surface area contributed by atoms with E-state index in [1.54, 1.807) is 24.3 Å². The lowest BCUT2D eigenvalue weighted by Crippen LogP contribution is -2.25. The molecule has 0 saturated heterocycles. The van der Waals surface area contributed by atoms with E-state index in [9.17, 15) is 9.67 Å². The molecule has 0 aliphatic carbocycles. The van der Waals surface area contributed by atoms with Crippen molar-refractivity contribution in [2.75, 3.05) is 7.11 Å². The maximum atomic E-state index is 13.9. The quantitative estimate of drug-likeness (QED) is 0.724.